The number of hydrogen-bond donors (Lipinski definition) is 1. The lowest BCUT2D eigenvalue weighted by Crippen LogP contribution is -2.16. The van der Waals surface area contributed by atoms with Crippen LogP contribution in [0.4, 0.5) is 0 Å². The number of aliphatic hydroxyl groups excluding tert-OH is 1. The number of methoxy groups -OCH3 is 1. The minimum Gasteiger partial charge on any atom is -0.469 e. The normalized spacial score (nSPS) is 12.6. The second-order valence-corrected chi connectivity index (χ2v) is 2.19. The zero-order valence-electron chi connectivity index (χ0n) is 6.87. The van der Waals surface area contributed by atoms with Crippen molar-refractivity contribution < 1.29 is 19.4 Å². The molecule has 0 aromatic rings. The molecule has 0 bridgehead atoms. The molecule has 0 heterocycles. The number of esters is 1. The number of hydrogen-bond acceptors (Lipinski definition) is 4. The fourth-order valence-corrected chi connectivity index (χ4v) is 0.631. The SMILES string of the molecule is COC(=O)CC(C)OCCO. The molecule has 1 unspecified atom stereocenters. The lowest BCUT2D eigenvalue weighted by atomic mass is 10.3. The first kappa shape index (κ1) is 10.4. The van der Waals surface area contributed by atoms with E-state index in [0.29, 0.717) is 0 Å². The van der Waals surface area contributed by atoms with Crippen LogP contribution in [0.5, 0.6) is 0 Å². The molecule has 0 aromatic carbocycles. The molecule has 11 heavy (non-hydrogen) atoms. The predicted molar refractivity (Wildman–Crippen MR) is 39.1 cm³/mol. The maximum Gasteiger partial charge on any atom is 0.308 e. The van der Waals surface area contributed by atoms with Crippen LogP contribution >= 0.6 is 0 Å². The topological polar surface area (TPSA) is 55.8 Å². The standard InChI is InChI=1S/C7H14O4/c1-6(11-4-3-8)5-7(9)10-2/h6,8H,3-5H2,1-2H3. The second kappa shape index (κ2) is 6.12. The van der Waals surface area contributed by atoms with Crippen LogP contribution in [0.2, 0.25) is 0 Å². The van der Waals surface area contributed by atoms with Crippen molar-refractivity contribution >= 4 is 5.97 Å². The number of aliphatic hydroxyl groups is 1. The van der Waals surface area contributed by atoms with Crippen molar-refractivity contribution in [3.05, 3.63) is 0 Å². The average Bonchev–Trinajstić information content (AvgIpc) is 2.00. The Balaban J connectivity index is 3.35. The number of carbonyl (C=O) groups excluding carboxylic acids is 1. The van der Waals surface area contributed by atoms with Gasteiger partial charge in [-0.2, -0.15) is 0 Å². The van der Waals surface area contributed by atoms with Gasteiger partial charge in [-0.1, -0.05) is 0 Å². The first-order valence-corrected chi connectivity index (χ1v) is 3.50. The lowest BCUT2D eigenvalue weighted by molar-refractivity contribution is -0.143. The van der Waals surface area contributed by atoms with Crippen molar-refractivity contribution in [2.24, 2.45) is 0 Å². The van der Waals surface area contributed by atoms with Crippen LogP contribution < -0.4 is 0 Å². The van der Waals surface area contributed by atoms with E-state index in [1.807, 2.05) is 0 Å². The van der Waals surface area contributed by atoms with E-state index >= 15 is 0 Å². The van der Waals surface area contributed by atoms with E-state index in [2.05, 4.69) is 4.74 Å². The summed E-state index contributed by atoms with van der Waals surface area (Å²) in [5, 5.41) is 8.37. The Morgan fingerprint density at radius 3 is 2.73 bits per heavy atom. The number of ether oxygens (including phenoxy) is 2. The molecule has 0 fully saturated rings. The van der Waals surface area contributed by atoms with Gasteiger partial charge in [-0.15, -0.1) is 0 Å². The van der Waals surface area contributed by atoms with Gasteiger partial charge in [-0.3, -0.25) is 4.79 Å². The van der Waals surface area contributed by atoms with Gasteiger partial charge < -0.3 is 14.6 Å². The van der Waals surface area contributed by atoms with Gasteiger partial charge in [0.1, 0.15) is 0 Å². The van der Waals surface area contributed by atoms with Gasteiger partial charge in [-0.25, -0.2) is 0 Å². The summed E-state index contributed by atoms with van der Waals surface area (Å²) in [4.78, 5) is 10.6. The molecule has 4 heteroatoms. The average molecular weight is 162 g/mol. The van der Waals surface area contributed by atoms with Crippen molar-refractivity contribution in [1.82, 2.24) is 0 Å². The Morgan fingerprint density at radius 1 is 1.64 bits per heavy atom. The molecule has 0 radical (unpaired) electrons. The Labute approximate surface area is 66.1 Å². The molecule has 0 spiro atoms. The van der Waals surface area contributed by atoms with E-state index < -0.39 is 0 Å². The highest BCUT2D eigenvalue weighted by atomic mass is 16.5. The van der Waals surface area contributed by atoms with Gasteiger partial charge >= 0.3 is 5.97 Å². The Kier molecular flexibility index (Phi) is 5.78. The third-order valence-electron chi connectivity index (χ3n) is 1.18. The Bertz CT molecular complexity index is 113. The van der Waals surface area contributed by atoms with Gasteiger partial charge in [0.05, 0.1) is 32.8 Å². The highest BCUT2D eigenvalue weighted by Crippen LogP contribution is 1.97. The van der Waals surface area contributed by atoms with Crippen molar-refractivity contribution in [2.45, 2.75) is 19.4 Å². The van der Waals surface area contributed by atoms with Crippen LogP contribution in [0.3, 0.4) is 0 Å². The highest BCUT2D eigenvalue weighted by molar-refractivity contribution is 5.69. The summed E-state index contributed by atoms with van der Waals surface area (Å²) < 4.78 is 9.43. The molecule has 0 aromatic heterocycles. The Morgan fingerprint density at radius 2 is 2.27 bits per heavy atom. The zero-order chi connectivity index (χ0) is 8.69. The molecule has 1 N–H and O–H groups in total. The lowest BCUT2D eigenvalue weighted by Gasteiger charge is -2.09. The van der Waals surface area contributed by atoms with E-state index in [0.717, 1.165) is 0 Å². The summed E-state index contributed by atoms with van der Waals surface area (Å²) in [6.07, 6.45) is 0.0471. The summed E-state index contributed by atoms with van der Waals surface area (Å²) >= 11 is 0. The van der Waals surface area contributed by atoms with E-state index in [4.69, 9.17) is 9.84 Å². The van der Waals surface area contributed by atoms with Crippen molar-refractivity contribution in [2.75, 3.05) is 20.3 Å². The second-order valence-electron chi connectivity index (χ2n) is 2.19. The molecular formula is C7H14O4. The zero-order valence-corrected chi connectivity index (χ0v) is 6.87. The van der Waals surface area contributed by atoms with E-state index in [9.17, 15) is 4.79 Å². The van der Waals surface area contributed by atoms with E-state index in [1.165, 1.54) is 7.11 Å². The van der Waals surface area contributed by atoms with E-state index in [-0.39, 0.29) is 31.7 Å². The molecule has 66 valence electrons. The molecule has 0 aliphatic carbocycles. The van der Waals surface area contributed by atoms with Crippen LogP contribution in [0.1, 0.15) is 13.3 Å². The minimum absolute atomic E-state index is 0.0223. The van der Waals surface area contributed by atoms with Crippen LogP contribution in [0.15, 0.2) is 0 Å². The van der Waals surface area contributed by atoms with Gasteiger partial charge in [0.15, 0.2) is 0 Å². The molecule has 0 amide bonds. The third kappa shape index (κ3) is 5.82. The van der Waals surface area contributed by atoms with Crippen molar-refractivity contribution in [1.29, 1.82) is 0 Å². The van der Waals surface area contributed by atoms with Crippen molar-refractivity contribution in [3.8, 4) is 0 Å². The summed E-state index contributed by atoms with van der Waals surface area (Å²) in [6.45, 7) is 2.00. The maximum atomic E-state index is 10.6. The number of carbonyl (C=O) groups is 1. The first-order chi connectivity index (χ1) is 5.20. The smallest absolute Gasteiger partial charge is 0.308 e. The molecule has 0 saturated carbocycles. The fourth-order valence-electron chi connectivity index (χ4n) is 0.631. The molecule has 4 nitrogen and oxygen atoms in total. The third-order valence-corrected chi connectivity index (χ3v) is 1.18. The molecule has 1 atom stereocenters. The summed E-state index contributed by atoms with van der Waals surface area (Å²) in [5.41, 5.74) is 0. The molecule has 0 aliphatic heterocycles. The molecular weight excluding hydrogens is 148 g/mol. The van der Waals surface area contributed by atoms with Crippen LogP contribution in [-0.4, -0.2) is 37.5 Å². The first-order valence-electron chi connectivity index (χ1n) is 3.50. The largest absolute Gasteiger partial charge is 0.469 e. The van der Waals surface area contributed by atoms with E-state index in [1.54, 1.807) is 6.92 Å². The molecule has 0 saturated heterocycles. The van der Waals surface area contributed by atoms with Crippen LogP contribution in [-0.2, 0) is 14.3 Å². The van der Waals surface area contributed by atoms with Gasteiger partial charge in [-0.05, 0) is 6.92 Å². The van der Waals surface area contributed by atoms with Crippen LogP contribution in [0.25, 0.3) is 0 Å². The monoisotopic (exact) mass is 162 g/mol. The van der Waals surface area contributed by atoms with Crippen molar-refractivity contribution in [3.63, 3.8) is 0 Å². The predicted octanol–water partition coefficient (Wildman–Crippen LogP) is -0.0531. The molecule has 0 rings (SSSR count). The highest BCUT2D eigenvalue weighted by Gasteiger charge is 2.08. The number of rotatable bonds is 5. The Hall–Kier alpha value is -0.610. The van der Waals surface area contributed by atoms with Crippen LogP contribution in [0, 0.1) is 0 Å². The van der Waals surface area contributed by atoms with Gasteiger partial charge in [0.25, 0.3) is 0 Å². The quantitative estimate of drug-likeness (QED) is 0.576. The fraction of sp³-hybridized carbons (Fsp3) is 0.857. The van der Waals surface area contributed by atoms with Gasteiger partial charge in [0.2, 0.25) is 0 Å². The summed E-state index contributed by atoms with van der Waals surface area (Å²) in [5.74, 6) is -0.296. The summed E-state index contributed by atoms with van der Waals surface area (Å²) in [6, 6.07) is 0. The van der Waals surface area contributed by atoms with Gasteiger partial charge in [0, 0.05) is 0 Å². The summed E-state index contributed by atoms with van der Waals surface area (Å²) in [7, 11) is 1.33. The maximum absolute atomic E-state index is 10.6. The minimum atomic E-state index is -0.296. The molecule has 0 aliphatic rings.